The van der Waals surface area contributed by atoms with Gasteiger partial charge < -0.3 is 14.9 Å². The molecule has 2 N–H and O–H groups in total. The second-order valence-corrected chi connectivity index (χ2v) is 2.66. The van der Waals surface area contributed by atoms with E-state index in [4.69, 9.17) is 14.9 Å². The number of carbonyl (C=O) groups is 1. The summed E-state index contributed by atoms with van der Waals surface area (Å²) in [4.78, 5) is 11.2. The SMILES string of the molecule is COCc1ccc(C(=O)CCN)o1. The quantitative estimate of drug-likeness (QED) is 0.690. The van der Waals surface area contributed by atoms with Gasteiger partial charge in [-0.15, -0.1) is 0 Å². The van der Waals surface area contributed by atoms with E-state index < -0.39 is 0 Å². The number of furan rings is 1. The summed E-state index contributed by atoms with van der Waals surface area (Å²) in [6.45, 7) is 0.731. The number of ether oxygens (including phenoxy) is 1. The van der Waals surface area contributed by atoms with Crippen LogP contribution in [0, 0.1) is 0 Å². The molecule has 0 saturated heterocycles. The summed E-state index contributed by atoms with van der Waals surface area (Å²) < 4.78 is 10.1. The monoisotopic (exact) mass is 183 g/mol. The summed E-state index contributed by atoms with van der Waals surface area (Å²) in [5.41, 5.74) is 5.25. The Balaban J connectivity index is 2.62. The van der Waals surface area contributed by atoms with Crippen LogP contribution >= 0.6 is 0 Å². The van der Waals surface area contributed by atoms with Crippen LogP contribution in [0.25, 0.3) is 0 Å². The van der Waals surface area contributed by atoms with Crippen molar-refractivity contribution in [2.24, 2.45) is 5.73 Å². The maximum atomic E-state index is 11.2. The molecule has 1 aromatic heterocycles. The first-order valence-corrected chi connectivity index (χ1v) is 4.09. The predicted molar refractivity (Wildman–Crippen MR) is 47.4 cm³/mol. The molecule has 0 unspecified atom stereocenters. The van der Waals surface area contributed by atoms with Gasteiger partial charge in [-0.2, -0.15) is 0 Å². The number of nitrogens with two attached hydrogens (primary N) is 1. The third-order valence-corrected chi connectivity index (χ3v) is 1.59. The van der Waals surface area contributed by atoms with Crippen LogP contribution in [0.15, 0.2) is 16.5 Å². The van der Waals surface area contributed by atoms with E-state index in [1.54, 1.807) is 19.2 Å². The van der Waals surface area contributed by atoms with Gasteiger partial charge in [-0.25, -0.2) is 0 Å². The molecule has 0 amide bonds. The molecule has 72 valence electrons. The lowest BCUT2D eigenvalue weighted by molar-refractivity contribution is 0.0950. The molecule has 0 bridgehead atoms. The van der Waals surface area contributed by atoms with Crippen molar-refractivity contribution in [1.82, 2.24) is 0 Å². The number of ketones is 1. The van der Waals surface area contributed by atoms with E-state index in [1.165, 1.54) is 0 Å². The van der Waals surface area contributed by atoms with Gasteiger partial charge in [-0.05, 0) is 18.7 Å². The Hall–Kier alpha value is -1.13. The van der Waals surface area contributed by atoms with Crippen LogP contribution in [0.4, 0.5) is 0 Å². The molecule has 4 nitrogen and oxygen atoms in total. The van der Waals surface area contributed by atoms with E-state index in [0.717, 1.165) is 0 Å². The van der Waals surface area contributed by atoms with E-state index in [0.29, 0.717) is 31.1 Å². The lowest BCUT2D eigenvalue weighted by Crippen LogP contribution is -2.07. The van der Waals surface area contributed by atoms with E-state index in [1.807, 2.05) is 0 Å². The van der Waals surface area contributed by atoms with Crippen LogP contribution in [-0.2, 0) is 11.3 Å². The zero-order valence-electron chi connectivity index (χ0n) is 7.58. The average Bonchev–Trinajstić information content (AvgIpc) is 2.54. The average molecular weight is 183 g/mol. The number of hydrogen-bond donors (Lipinski definition) is 1. The molecule has 0 aliphatic heterocycles. The number of rotatable bonds is 5. The van der Waals surface area contributed by atoms with Gasteiger partial charge in [0, 0.05) is 13.5 Å². The van der Waals surface area contributed by atoms with Crippen molar-refractivity contribution in [2.75, 3.05) is 13.7 Å². The van der Waals surface area contributed by atoms with Crippen molar-refractivity contribution in [3.63, 3.8) is 0 Å². The topological polar surface area (TPSA) is 65.5 Å². The fourth-order valence-electron chi connectivity index (χ4n) is 1.00. The second kappa shape index (κ2) is 4.79. The van der Waals surface area contributed by atoms with Crippen molar-refractivity contribution < 1.29 is 13.9 Å². The molecule has 0 saturated carbocycles. The molecule has 4 heteroatoms. The maximum absolute atomic E-state index is 11.2. The summed E-state index contributed by atoms with van der Waals surface area (Å²) in [5, 5.41) is 0. The summed E-state index contributed by atoms with van der Waals surface area (Å²) in [7, 11) is 1.57. The van der Waals surface area contributed by atoms with Crippen LogP contribution in [-0.4, -0.2) is 19.4 Å². The number of Topliss-reactive ketones (excluding diaryl/α,β-unsaturated/α-hetero) is 1. The second-order valence-electron chi connectivity index (χ2n) is 2.66. The van der Waals surface area contributed by atoms with Gasteiger partial charge >= 0.3 is 0 Å². The normalized spacial score (nSPS) is 10.3. The van der Waals surface area contributed by atoms with Gasteiger partial charge in [-0.3, -0.25) is 4.79 Å². The highest BCUT2D eigenvalue weighted by Crippen LogP contribution is 2.10. The van der Waals surface area contributed by atoms with E-state index in [9.17, 15) is 4.79 Å². The van der Waals surface area contributed by atoms with Gasteiger partial charge in [0.05, 0.1) is 0 Å². The minimum atomic E-state index is -0.0650. The van der Waals surface area contributed by atoms with Crippen LogP contribution in [0.2, 0.25) is 0 Å². The van der Waals surface area contributed by atoms with Crippen LogP contribution < -0.4 is 5.73 Å². The summed E-state index contributed by atoms with van der Waals surface area (Å²) in [5.74, 6) is 0.949. The van der Waals surface area contributed by atoms with E-state index >= 15 is 0 Å². The van der Waals surface area contributed by atoms with E-state index in [2.05, 4.69) is 0 Å². The predicted octanol–water partition coefficient (Wildman–Crippen LogP) is 0.958. The molecule has 0 spiro atoms. The maximum Gasteiger partial charge on any atom is 0.199 e. The first-order chi connectivity index (χ1) is 6.27. The Kier molecular flexibility index (Phi) is 3.67. The largest absolute Gasteiger partial charge is 0.456 e. The van der Waals surface area contributed by atoms with Crippen LogP contribution in [0.3, 0.4) is 0 Å². The molecule has 1 aromatic rings. The fraction of sp³-hybridized carbons (Fsp3) is 0.444. The minimum Gasteiger partial charge on any atom is -0.456 e. The van der Waals surface area contributed by atoms with Crippen molar-refractivity contribution in [3.05, 3.63) is 23.7 Å². The third-order valence-electron chi connectivity index (χ3n) is 1.59. The highest BCUT2D eigenvalue weighted by molar-refractivity contribution is 5.93. The molecular formula is C9H13NO3. The highest BCUT2D eigenvalue weighted by Gasteiger charge is 2.09. The Labute approximate surface area is 76.7 Å². The first-order valence-electron chi connectivity index (χ1n) is 4.09. The molecule has 0 atom stereocenters. The number of hydrogen-bond acceptors (Lipinski definition) is 4. The number of carbonyl (C=O) groups excluding carboxylic acids is 1. The molecule has 1 rings (SSSR count). The lowest BCUT2D eigenvalue weighted by Gasteiger charge is -1.94. The van der Waals surface area contributed by atoms with Gasteiger partial charge in [0.25, 0.3) is 0 Å². The number of methoxy groups -OCH3 is 1. The zero-order chi connectivity index (χ0) is 9.68. The molecule has 0 aliphatic rings. The van der Waals surface area contributed by atoms with Crippen LogP contribution in [0.1, 0.15) is 22.7 Å². The third kappa shape index (κ3) is 2.68. The molecule has 1 heterocycles. The standard InChI is InChI=1S/C9H13NO3/c1-12-6-7-2-3-9(13-7)8(11)4-5-10/h2-3H,4-6,10H2,1H3. The van der Waals surface area contributed by atoms with Crippen LogP contribution in [0.5, 0.6) is 0 Å². The summed E-state index contributed by atoms with van der Waals surface area (Å²) in [6, 6.07) is 3.37. The summed E-state index contributed by atoms with van der Waals surface area (Å²) in [6.07, 6.45) is 0.319. The van der Waals surface area contributed by atoms with Crippen molar-refractivity contribution >= 4 is 5.78 Å². The Morgan fingerprint density at radius 3 is 3.00 bits per heavy atom. The van der Waals surface area contributed by atoms with Crippen molar-refractivity contribution in [1.29, 1.82) is 0 Å². The molecule has 0 aliphatic carbocycles. The molecule has 0 fully saturated rings. The van der Waals surface area contributed by atoms with Crippen molar-refractivity contribution in [2.45, 2.75) is 13.0 Å². The van der Waals surface area contributed by atoms with Gasteiger partial charge in [0.15, 0.2) is 11.5 Å². The Morgan fingerprint density at radius 1 is 1.62 bits per heavy atom. The fourth-order valence-corrected chi connectivity index (χ4v) is 1.00. The van der Waals surface area contributed by atoms with Gasteiger partial charge in [-0.1, -0.05) is 0 Å². The lowest BCUT2D eigenvalue weighted by atomic mass is 10.2. The minimum absolute atomic E-state index is 0.0650. The van der Waals surface area contributed by atoms with Gasteiger partial charge in [0.1, 0.15) is 12.4 Å². The highest BCUT2D eigenvalue weighted by atomic mass is 16.5. The Morgan fingerprint density at radius 2 is 2.38 bits per heavy atom. The first kappa shape index (κ1) is 9.95. The van der Waals surface area contributed by atoms with Crippen molar-refractivity contribution in [3.8, 4) is 0 Å². The zero-order valence-corrected chi connectivity index (χ0v) is 7.58. The molecular weight excluding hydrogens is 170 g/mol. The smallest absolute Gasteiger partial charge is 0.199 e. The van der Waals surface area contributed by atoms with E-state index in [-0.39, 0.29) is 5.78 Å². The summed E-state index contributed by atoms with van der Waals surface area (Å²) >= 11 is 0. The molecule has 0 aromatic carbocycles. The Bertz CT molecular complexity index is 280. The molecule has 0 radical (unpaired) electrons. The molecule has 13 heavy (non-hydrogen) atoms. The van der Waals surface area contributed by atoms with Gasteiger partial charge in [0.2, 0.25) is 0 Å².